The van der Waals surface area contributed by atoms with Crippen molar-refractivity contribution in [3.63, 3.8) is 0 Å². The minimum atomic E-state index is -0.438. The Bertz CT molecular complexity index is 688. The van der Waals surface area contributed by atoms with E-state index in [1.807, 2.05) is 61.5 Å². The Kier molecular flexibility index (Phi) is 2.76. The van der Waals surface area contributed by atoms with E-state index in [1.54, 1.807) is 0 Å². The van der Waals surface area contributed by atoms with Crippen molar-refractivity contribution in [1.82, 2.24) is 5.27 Å². The molecular weight excluding hydrogens is 240 g/mol. The first-order valence-corrected chi connectivity index (χ1v) is 5.97. The number of hydrogen-bond acceptors (Lipinski definition) is 3. The van der Waals surface area contributed by atoms with Gasteiger partial charge in [-0.3, -0.25) is 0 Å². The van der Waals surface area contributed by atoms with Crippen molar-refractivity contribution >= 4 is 0 Å². The Morgan fingerprint density at radius 2 is 1.68 bits per heavy atom. The van der Waals surface area contributed by atoms with Gasteiger partial charge in [0, 0.05) is 12.1 Å². The van der Waals surface area contributed by atoms with Gasteiger partial charge in [0.1, 0.15) is 0 Å². The van der Waals surface area contributed by atoms with E-state index >= 15 is 0 Å². The summed E-state index contributed by atoms with van der Waals surface area (Å²) in [5.74, 6) is -0.438. The standard InChI is InChI=1S/C15H12N2O2/c1-11-7-9-13(10-8-11)17-14(15(18)19-16-17)12-5-3-2-4-6-12/h2-10H,1H3. The first kappa shape index (κ1) is 11.5. The van der Waals surface area contributed by atoms with Crippen LogP contribution in [0.1, 0.15) is 5.56 Å². The van der Waals surface area contributed by atoms with E-state index in [-0.39, 0.29) is 0 Å². The highest BCUT2D eigenvalue weighted by molar-refractivity contribution is 5.59. The number of rotatable bonds is 2. The first-order valence-electron chi connectivity index (χ1n) is 5.97. The molecule has 3 aromatic rings. The second-order valence-corrected chi connectivity index (χ2v) is 4.32. The molecule has 1 aromatic heterocycles. The van der Waals surface area contributed by atoms with E-state index < -0.39 is 5.95 Å². The van der Waals surface area contributed by atoms with E-state index in [0.29, 0.717) is 5.69 Å². The SMILES string of the molecule is Cc1ccc(-[n+]2noc([O-])c2-c2ccccc2)cc1. The van der Waals surface area contributed by atoms with Crippen molar-refractivity contribution in [2.45, 2.75) is 6.92 Å². The van der Waals surface area contributed by atoms with Gasteiger partial charge in [-0.05, 0) is 23.7 Å². The third-order valence-electron chi connectivity index (χ3n) is 2.94. The summed E-state index contributed by atoms with van der Waals surface area (Å²) in [6.07, 6.45) is 0. The van der Waals surface area contributed by atoms with Gasteiger partial charge in [0.25, 0.3) is 5.69 Å². The van der Waals surface area contributed by atoms with Crippen LogP contribution in [0.25, 0.3) is 16.9 Å². The molecule has 19 heavy (non-hydrogen) atoms. The average molecular weight is 252 g/mol. The summed E-state index contributed by atoms with van der Waals surface area (Å²) < 4.78 is 6.32. The van der Waals surface area contributed by atoms with Gasteiger partial charge in [-0.25, -0.2) is 0 Å². The van der Waals surface area contributed by atoms with Gasteiger partial charge in [-0.15, -0.1) is 0 Å². The summed E-state index contributed by atoms with van der Waals surface area (Å²) in [5, 5.41) is 15.7. The molecule has 0 aliphatic carbocycles. The van der Waals surface area contributed by atoms with Crippen LogP contribution in [-0.2, 0) is 0 Å². The Morgan fingerprint density at radius 3 is 2.37 bits per heavy atom. The molecule has 94 valence electrons. The molecule has 0 aliphatic rings. The topological polar surface area (TPSA) is 53.0 Å². The molecule has 0 aliphatic heterocycles. The number of hydrogen-bond donors (Lipinski definition) is 0. The molecule has 0 saturated heterocycles. The molecule has 0 saturated carbocycles. The molecule has 0 N–H and O–H groups in total. The molecule has 0 fully saturated rings. The minimum Gasteiger partial charge on any atom is -0.539 e. The van der Waals surface area contributed by atoms with Crippen molar-refractivity contribution in [1.29, 1.82) is 0 Å². The van der Waals surface area contributed by atoms with Crippen molar-refractivity contribution in [2.75, 3.05) is 0 Å². The fourth-order valence-corrected chi connectivity index (χ4v) is 1.95. The summed E-state index contributed by atoms with van der Waals surface area (Å²) in [7, 11) is 0. The molecule has 3 rings (SSSR count). The predicted octanol–water partition coefficient (Wildman–Crippen LogP) is 2.00. The Labute approximate surface area is 110 Å². The Morgan fingerprint density at radius 1 is 1.00 bits per heavy atom. The molecule has 4 heteroatoms. The molecule has 2 aromatic carbocycles. The first-order chi connectivity index (χ1) is 9.25. The van der Waals surface area contributed by atoms with Crippen molar-refractivity contribution in [3.05, 3.63) is 60.2 Å². The lowest BCUT2D eigenvalue weighted by Crippen LogP contribution is -2.34. The van der Waals surface area contributed by atoms with Crippen LogP contribution in [0.2, 0.25) is 0 Å². The lowest BCUT2D eigenvalue weighted by atomic mass is 10.1. The zero-order valence-electron chi connectivity index (χ0n) is 10.4. The zero-order chi connectivity index (χ0) is 13.2. The lowest BCUT2D eigenvalue weighted by molar-refractivity contribution is -0.660. The zero-order valence-corrected chi connectivity index (χ0v) is 10.4. The van der Waals surface area contributed by atoms with Crippen LogP contribution in [0.15, 0.2) is 59.1 Å². The smallest absolute Gasteiger partial charge is 0.270 e. The predicted molar refractivity (Wildman–Crippen MR) is 67.7 cm³/mol. The molecule has 0 unspecified atom stereocenters. The quantitative estimate of drug-likeness (QED) is 0.655. The maximum atomic E-state index is 11.8. The molecule has 1 heterocycles. The van der Waals surface area contributed by atoms with Crippen LogP contribution < -0.4 is 9.79 Å². The summed E-state index contributed by atoms with van der Waals surface area (Å²) in [4.78, 5) is 0. The lowest BCUT2D eigenvalue weighted by Gasteiger charge is -1.98. The van der Waals surface area contributed by atoms with Crippen LogP contribution >= 0.6 is 0 Å². The molecule has 0 spiro atoms. The van der Waals surface area contributed by atoms with E-state index in [0.717, 1.165) is 16.8 Å². The van der Waals surface area contributed by atoms with Crippen LogP contribution in [-0.4, -0.2) is 5.27 Å². The summed E-state index contributed by atoms with van der Waals surface area (Å²) in [6.45, 7) is 2.01. The third-order valence-corrected chi connectivity index (χ3v) is 2.94. The summed E-state index contributed by atoms with van der Waals surface area (Å²) in [5.41, 5.74) is 3.17. The number of aryl methyl sites for hydroxylation is 1. The van der Waals surface area contributed by atoms with E-state index in [2.05, 4.69) is 5.27 Å². The van der Waals surface area contributed by atoms with Crippen molar-refractivity contribution in [3.8, 4) is 22.9 Å². The van der Waals surface area contributed by atoms with Gasteiger partial charge in [0.2, 0.25) is 5.69 Å². The van der Waals surface area contributed by atoms with E-state index in [4.69, 9.17) is 4.52 Å². The van der Waals surface area contributed by atoms with Gasteiger partial charge < -0.3 is 9.63 Å². The summed E-state index contributed by atoms with van der Waals surface area (Å²) in [6, 6.07) is 17.1. The monoisotopic (exact) mass is 252 g/mol. The maximum Gasteiger partial charge on any atom is 0.270 e. The largest absolute Gasteiger partial charge is 0.539 e. The maximum absolute atomic E-state index is 11.8. The molecule has 4 nitrogen and oxygen atoms in total. The minimum absolute atomic E-state index is 0.435. The third kappa shape index (κ3) is 2.08. The van der Waals surface area contributed by atoms with Gasteiger partial charge in [0.15, 0.2) is 5.95 Å². The van der Waals surface area contributed by atoms with Crippen LogP contribution in [0.5, 0.6) is 5.95 Å². The highest BCUT2D eigenvalue weighted by Crippen LogP contribution is 2.23. The number of benzene rings is 2. The number of nitrogens with zero attached hydrogens (tertiary/aromatic N) is 2. The highest BCUT2D eigenvalue weighted by Gasteiger charge is 2.21. The Balaban J connectivity index is 2.16. The van der Waals surface area contributed by atoms with Crippen LogP contribution in [0.4, 0.5) is 0 Å². The fourth-order valence-electron chi connectivity index (χ4n) is 1.95. The highest BCUT2D eigenvalue weighted by atomic mass is 16.6. The van der Waals surface area contributed by atoms with Gasteiger partial charge in [-0.1, -0.05) is 35.9 Å². The van der Waals surface area contributed by atoms with Crippen molar-refractivity contribution < 1.29 is 14.3 Å². The molecule has 0 radical (unpaired) electrons. The normalized spacial score (nSPS) is 10.6. The van der Waals surface area contributed by atoms with Crippen LogP contribution in [0.3, 0.4) is 0 Å². The average Bonchev–Trinajstić information content (AvgIpc) is 2.82. The molecular formula is C15H12N2O2. The van der Waals surface area contributed by atoms with E-state index in [9.17, 15) is 5.11 Å². The van der Waals surface area contributed by atoms with E-state index in [1.165, 1.54) is 4.68 Å². The van der Waals surface area contributed by atoms with Gasteiger partial charge >= 0.3 is 0 Å². The Hall–Kier alpha value is -2.62. The van der Waals surface area contributed by atoms with Crippen LogP contribution in [0, 0.1) is 6.92 Å². The van der Waals surface area contributed by atoms with Crippen molar-refractivity contribution in [2.24, 2.45) is 0 Å². The second-order valence-electron chi connectivity index (χ2n) is 4.32. The number of aromatic nitrogens is 2. The molecule has 0 bridgehead atoms. The fraction of sp³-hybridized carbons (Fsp3) is 0.0667. The second kappa shape index (κ2) is 4.57. The molecule has 0 atom stereocenters. The van der Waals surface area contributed by atoms with Gasteiger partial charge in [0.05, 0.1) is 10.8 Å². The molecule has 0 amide bonds. The van der Waals surface area contributed by atoms with Gasteiger partial charge in [-0.2, -0.15) is 0 Å². The summed E-state index contributed by atoms with van der Waals surface area (Å²) >= 11 is 0.